The summed E-state index contributed by atoms with van der Waals surface area (Å²) < 4.78 is 27.7. The van der Waals surface area contributed by atoms with Crippen LogP contribution in [0, 0.1) is 0 Å². The lowest BCUT2D eigenvalue weighted by atomic mass is 9.88. The van der Waals surface area contributed by atoms with Crippen molar-refractivity contribution < 1.29 is 8.42 Å². The van der Waals surface area contributed by atoms with Crippen LogP contribution >= 0.6 is 0 Å². The number of sulfonamides is 1. The molecule has 0 saturated heterocycles. The van der Waals surface area contributed by atoms with E-state index in [-0.39, 0.29) is 11.1 Å². The fourth-order valence-electron chi connectivity index (χ4n) is 2.79. The van der Waals surface area contributed by atoms with E-state index >= 15 is 0 Å². The standard InChI is InChI=1S/C15H19N3O2S/c1-2-14-16-10-15(17-14)21(19,20)18-13-9-5-7-11-6-3-4-8-12(11)13/h3-4,6,8,10,13,18H,2,5,7,9H2,1H3,(H,16,17). The monoisotopic (exact) mass is 305 g/mol. The fraction of sp³-hybridized carbons (Fsp3) is 0.400. The summed E-state index contributed by atoms with van der Waals surface area (Å²) in [5.74, 6) is 0.680. The lowest BCUT2D eigenvalue weighted by Gasteiger charge is -2.25. The number of benzene rings is 1. The second kappa shape index (κ2) is 5.61. The van der Waals surface area contributed by atoms with Gasteiger partial charge in [0.2, 0.25) is 0 Å². The molecule has 0 amide bonds. The normalized spacial score (nSPS) is 18.4. The highest BCUT2D eigenvalue weighted by Crippen LogP contribution is 2.30. The van der Waals surface area contributed by atoms with Crippen LogP contribution in [0.25, 0.3) is 0 Å². The van der Waals surface area contributed by atoms with Gasteiger partial charge in [0.15, 0.2) is 5.03 Å². The number of nitrogens with one attached hydrogen (secondary N) is 2. The number of nitrogens with zero attached hydrogens (tertiary/aromatic N) is 1. The Labute approximate surface area is 124 Å². The third-order valence-corrected chi connectivity index (χ3v) is 5.28. The van der Waals surface area contributed by atoms with Gasteiger partial charge in [0.1, 0.15) is 5.82 Å². The number of fused-ring (bicyclic) bond motifs is 1. The molecule has 0 bridgehead atoms. The van der Waals surface area contributed by atoms with E-state index in [0.717, 1.165) is 24.8 Å². The number of aryl methyl sites for hydroxylation is 2. The van der Waals surface area contributed by atoms with Crippen LogP contribution in [0.4, 0.5) is 0 Å². The first-order chi connectivity index (χ1) is 10.1. The summed E-state index contributed by atoms with van der Waals surface area (Å²) in [6.45, 7) is 1.93. The average molecular weight is 305 g/mol. The number of aromatic nitrogens is 2. The molecule has 2 N–H and O–H groups in total. The van der Waals surface area contributed by atoms with Gasteiger partial charge in [-0.1, -0.05) is 31.2 Å². The van der Waals surface area contributed by atoms with Crippen LogP contribution in [-0.4, -0.2) is 18.4 Å². The third kappa shape index (κ3) is 2.87. The van der Waals surface area contributed by atoms with Gasteiger partial charge in [-0.05, 0) is 30.4 Å². The Bertz CT molecular complexity index is 737. The van der Waals surface area contributed by atoms with E-state index in [9.17, 15) is 8.42 Å². The van der Waals surface area contributed by atoms with E-state index in [4.69, 9.17) is 0 Å². The Hall–Kier alpha value is -1.66. The smallest absolute Gasteiger partial charge is 0.258 e. The van der Waals surface area contributed by atoms with E-state index in [1.807, 2.05) is 25.1 Å². The van der Waals surface area contributed by atoms with E-state index in [2.05, 4.69) is 20.8 Å². The molecule has 112 valence electrons. The summed E-state index contributed by atoms with van der Waals surface area (Å²) in [6.07, 6.45) is 4.90. The summed E-state index contributed by atoms with van der Waals surface area (Å²) in [7, 11) is -3.56. The zero-order valence-electron chi connectivity index (χ0n) is 12.0. The average Bonchev–Trinajstić information content (AvgIpc) is 2.97. The molecule has 1 unspecified atom stereocenters. The summed E-state index contributed by atoms with van der Waals surface area (Å²) >= 11 is 0. The van der Waals surface area contributed by atoms with Crippen LogP contribution in [0.1, 0.15) is 42.8 Å². The molecule has 5 nitrogen and oxygen atoms in total. The topological polar surface area (TPSA) is 74.8 Å². The van der Waals surface area contributed by atoms with Gasteiger partial charge in [-0.2, -0.15) is 0 Å². The molecule has 1 atom stereocenters. The largest absolute Gasteiger partial charge is 0.332 e. The molecule has 2 aromatic rings. The summed E-state index contributed by atoms with van der Waals surface area (Å²) in [5, 5.41) is 0.141. The molecule has 1 aliphatic carbocycles. The molecule has 1 aromatic carbocycles. The fourth-order valence-corrected chi connectivity index (χ4v) is 3.98. The van der Waals surface area contributed by atoms with Crippen LogP contribution in [0.3, 0.4) is 0 Å². The molecule has 0 aliphatic heterocycles. The van der Waals surface area contributed by atoms with Crippen LogP contribution in [0.15, 0.2) is 35.5 Å². The van der Waals surface area contributed by atoms with Gasteiger partial charge in [-0.3, -0.25) is 0 Å². The maximum Gasteiger partial charge on any atom is 0.258 e. The van der Waals surface area contributed by atoms with Crippen molar-refractivity contribution in [1.29, 1.82) is 0 Å². The second-order valence-electron chi connectivity index (χ2n) is 5.31. The van der Waals surface area contributed by atoms with Crippen LogP contribution in [-0.2, 0) is 22.9 Å². The molecule has 0 radical (unpaired) electrons. The Kier molecular flexibility index (Phi) is 3.82. The first-order valence-corrected chi connectivity index (χ1v) is 8.72. The number of rotatable bonds is 4. The molecular weight excluding hydrogens is 286 g/mol. The number of hydrogen-bond acceptors (Lipinski definition) is 3. The number of H-pyrrole nitrogens is 1. The van der Waals surface area contributed by atoms with Crippen molar-refractivity contribution in [1.82, 2.24) is 14.7 Å². The SMILES string of the molecule is CCc1ncc(S(=O)(=O)NC2CCCc3ccccc32)[nH]1. The third-order valence-electron chi connectivity index (χ3n) is 3.90. The Morgan fingerprint density at radius 3 is 2.95 bits per heavy atom. The lowest BCUT2D eigenvalue weighted by molar-refractivity contribution is 0.506. The van der Waals surface area contributed by atoms with Crippen molar-refractivity contribution >= 4 is 10.0 Å². The molecule has 1 heterocycles. The highest BCUT2D eigenvalue weighted by molar-refractivity contribution is 7.89. The lowest BCUT2D eigenvalue weighted by Crippen LogP contribution is -2.31. The summed E-state index contributed by atoms with van der Waals surface area (Å²) in [4.78, 5) is 6.92. The predicted octanol–water partition coefficient (Wildman–Crippen LogP) is 2.33. The Morgan fingerprint density at radius 1 is 1.38 bits per heavy atom. The van der Waals surface area contributed by atoms with Gasteiger partial charge in [-0.15, -0.1) is 0 Å². The van der Waals surface area contributed by atoms with Crippen LogP contribution in [0.5, 0.6) is 0 Å². The molecule has 1 aromatic heterocycles. The van der Waals surface area contributed by atoms with Gasteiger partial charge < -0.3 is 4.98 Å². The first-order valence-electron chi connectivity index (χ1n) is 7.24. The van der Waals surface area contributed by atoms with Crippen molar-refractivity contribution in [3.8, 4) is 0 Å². The number of aromatic amines is 1. The predicted molar refractivity (Wildman–Crippen MR) is 80.4 cm³/mol. The second-order valence-corrected chi connectivity index (χ2v) is 7.00. The van der Waals surface area contributed by atoms with Crippen molar-refractivity contribution in [3.05, 3.63) is 47.4 Å². The molecule has 21 heavy (non-hydrogen) atoms. The molecule has 6 heteroatoms. The number of imidazole rings is 1. The summed E-state index contributed by atoms with van der Waals surface area (Å²) in [6, 6.07) is 7.87. The maximum absolute atomic E-state index is 12.5. The molecule has 0 saturated carbocycles. The van der Waals surface area contributed by atoms with Crippen molar-refractivity contribution in [2.45, 2.75) is 43.7 Å². The van der Waals surface area contributed by atoms with Crippen molar-refractivity contribution in [2.24, 2.45) is 0 Å². The maximum atomic E-state index is 12.5. The van der Waals surface area contributed by atoms with E-state index in [0.29, 0.717) is 12.2 Å². The van der Waals surface area contributed by atoms with Gasteiger partial charge in [0.05, 0.1) is 6.20 Å². The Balaban J connectivity index is 1.86. The van der Waals surface area contributed by atoms with Gasteiger partial charge >= 0.3 is 0 Å². The molecule has 0 fully saturated rings. The molecular formula is C15H19N3O2S. The number of hydrogen-bond donors (Lipinski definition) is 2. The van der Waals surface area contributed by atoms with Gasteiger partial charge in [0.25, 0.3) is 10.0 Å². The molecule has 1 aliphatic rings. The van der Waals surface area contributed by atoms with E-state index in [1.54, 1.807) is 0 Å². The van der Waals surface area contributed by atoms with Crippen molar-refractivity contribution in [3.63, 3.8) is 0 Å². The molecule has 0 spiro atoms. The Morgan fingerprint density at radius 2 is 2.19 bits per heavy atom. The van der Waals surface area contributed by atoms with Gasteiger partial charge in [0, 0.05) is 12.5 Å². The highest BCUT2D eigenvalue weighted by atomic mass is 32.2. The minimum absolute atomic E-state index is 0.141. The van der Waals surface area contributed by atoms with Crippen LogP contribution in [0.2, 0.25) is 0 Å². The molecule has 3 rings (SSSR count). The minimum Gasteiger partial charge on any atom is -0.332 e. The zero-order chi connectivity index (χ0) is 14.9. The zero-order valence-corrected chi connectivity index (χ0v) is 12.8. The quantitative estimate of drug-likeness (QED) is 0.910. The van der Waals surface area contributed by atoms with Gasteiger partial charge in [-0.25, -0.2) is 18.1 Å². The summed E-state index contributed by atoms with van der Waals surface area (Å²) in [5.41, 5.74) is 2.32. The minimum atomic E-state index is -3.56. The van der Waals surface area contributed by atoms with Crippen molar-refractivity contribution in [2.75, 3.05) is 0 Å². The van der Waals surface area contributed by atoms with E-state index < -0.39 is 10.0 Å². The van der Waals surface area contributed by atoms with Crippen LogP contribution < -0.4 is 4.72 Å². The highest BCUT2D eigenvalue weighted by Gasteiger charge is 2.26. The first kappa shape index (κ1) is 14.3. The van der Waals surface area contributed by atoms with E-state index in [1.165, 1.54) is 11.8 Å².